The van der Waals surface area contributed by atoms with E-state index in [4.69, 9.17) is 29.4 Å². The van der Waals surface area contributed by atoms with Crippen LogP contribution in [-0.2, 0) is 44.7 Å². The molecule has 0 aromatic carbocycles. The molecule has 12 heteroatoms. The third kappa shape index (κ3) is 490. The second kappa shape index (κ2) is 12.1. The number of rotatable bonds is 0. The molecule has 0 fully saturated rings. The Morgan fingerprint density at radius 2 is 0.769 bits per heavy atom. The van der Waals surface area contributed by atoms with Gasteiger partial charge in [-0.25, -0.2) is 0 Å². The van der Waals surface area contributed by atoms with Crippen molar-refractivity contribution in [2.45, 2.75) is 0 Å². The van der Waals surface area contributed by atoms with E-state index in [9.17, 15) is 0 Å². The molecular weight excluding hydrogens is 365 g/mol. The first kappa shape index (κ1) is 24.3. The molecule has 0 saturated carbocycles. The van der Waals surface area contributed by atoms with Crippen molar-refractivity contribution in [1.82, 2.24) is 0 Å². The number of halogens is 1. The number of hydrogen-bond acceptors (Lipinski definition) is 2. The predicted molar refractivity (Wildman–Crippen MR) is 53.7 cm³/mol. The van der Waals surface area contributed by atoms with Gasteiger partial charge >= 0.3 is 13.4 Å². The first-order valence-corrected chi connectivity index (χ1v) is 8.02. The minimum absolute atomic E-state index is 0. The fourth-order valence-electron chi connectivity index (χ4n) is 0. The summed E-state index contributed by atoms with van der Waals surface area (Å²) in [7, 11) is 0. The molecule has 6 N–H and O–H groups in total. The molecule has 0 heterocycles. The zero-order valence-electron chi connectivity index (χ0n) is 6.18. The van der Waals surface area contributed by atoms with Gasteiger partial charge in [-0.3, -0.25) is 0 Å². The van der Waals surface area contributed by atoms with Crippen molar-refractivity contribution in [2.24, 2.45) is 0 Å². The Balaban J connectivity index is -0.0000000491. The molecule has 84 valence electrons. The fraction of sp³-hybridized carbons (Fsp3) is 1.00. The van der Waals surface area contributed by atoms with Gasteiger partial charge in [-0.15, -0.1) is 11.6 Å². The Bertz CT molecular complexity index is 141. The van der Waals surface area contributed by atoms with Crippen LogP contribution in [0.15, 0.2) is 0 Å². The summed E-state index contributed by atoms with van der Waals surface area (Å²) in [4.78, 5) is 45.3. The number of alkyl halides is 1. The third-order valence-electron chi connectivity index (χ3n) is 0. The molecule has 6 nitrogen and oxygen atoms in total. The largest absolute Gasteiger partial charge is 0.325 e. The topological polar surface area (TPSA) is 121 Å². The zero-order valence-corrected chi connectivity index (χ0v) is 12.4. The van der Waals surface area contributed by atoms with Gasteiger partial charge in [-0.05, 0) is 23.6 Å². The molecule has 0 aliphatic carbocycles. The predicted octanol–water partition coefficient (Wildman–Crippen LogP) is -0.772. The zero-order chi connectivity index (χ0) is 11.0. The van der Waals surface area contributed by atoms with Crippen LogP contribution in [0, 0.1) is 0 Å². The second-order valence-electron chi connectivity index (χ2n) is 1.03. The average molecular weight is 375 g/mol. The summed E-state index contributed by atoms with van der Waals surface area (Å²) < 4.78 is 0. The van der Waals surface area contributed by atoms with Crippen LogP contribution in [0.25, 0.3) is 0 Å². The summed E-state index contributed by atoms with van der Waals surface area (Å²) in [5.41, 5.74) is 0. The van der Waals surface area contributed by atoms with Crippen LogP contribution >= 0.6 is 25.0 Å². The fourth-order valence-corrected chi connectivity index (χ4v) is 0. The van der Waals surface area contributed by atoms with Gasteiger partial charge in [0.05, 0.1) is 0 Å². The molecule has 0 aliphatic rings. The Morgan fingerprint density at radius 1 is 0.769 bits per heavy atom. The van der Waals surface area contributed by atoms with Gasteiger partial charge < -0.3 is 29.4 Å². The summed E-state index contributed by atoms with van der Waals surface area (Å²) in [6, 6.07) is 0. The normalized spacial score (nSPS) is 9.54. The van der Waals surface area contributed by atoms with Gasteiger partial charge in [0.25, 0.3) is 0 Å². The maximum atomic E-state index is 7.56. The maximum Gasteiger partial charge on any atom is 0.319 e. The Morgan fingerprint density at radius 3 is 0.769 bits per heavy atom. The van der Waals surface area contributed by atoms with E-state index in [0.717, 1.165) is 0 Å². The summed E-state index contributed by atoms with van der Waals surface area (Å²) in [5, 5.41) is 0. The molecule has 13 heavy (non-hydrogen) atoms. The van der Waals surface area contributed by atoms with E-state index in [1.165, 1.54) is 6.38 Å². The first-order chi connectivity index (χ1) is 5.00. The quantitative estimate of drug-likeness (QED) is 0.186. The average Bonchev–Trinajstić information content (AvgIpc) is 1.59. The minimum Gasteiger partial charge on any atom is -0.325 e. The summed E-state index contributed by atoms with van der Waals surface area (Å²) in [5.74, 6) is 0. The van der Waals surface area contributed by atoms with E-state index in [-0.39, 0.29) is 21.1 Å². The van der Waals surface area contributed by atoms with Gasteiger partial charge in [0.15, 0.2) is 0 Å². The van der Waals surface area contributed by atoms with Crippen molar-refractivity contribution in [3.63, 3.8) is 0 Å². The Kier molecular flexibility index (Phi) is 22.7. The van der Waals surface area contributed by atoms with Crippen molar-refractivity contribution in [1.29, 1.82) is 0 Å². The van der Waals surface area contributed by atoms with Gasteiger partial charge in [-0.2, -0.15) is 0 Å². The Labute approximate surface area is 105 Å². The van der Waals surface area contributed by atoms with Crippen LogP contribution < -0.4 is 0 Å². The SMILES string of the molecule is CCl.OP(O)(O)=S.OP(O)(O)=S.[Mo]. The second-order valence-corrected chi connectivity index (χ2v) is 6.02. The van der Waals surface area contributed by atoms with Crippen molar-refractivity contribution in [3.05, 3.63) is 0 Å². The van der Waals surface area contributed by atoms with Crippen molar-refractivity contribution < 1.29 is 50.4 Å². The summed E-state index contributed by atoms with van der Waals surface area (Å²) in [6.07, 6.45) is 1.47. The van der Waals surface area contributed by atoms with Gasteiger partial charge in [-0.1, -0.05) is 0 Å². The summed E-state index contributed by atoms with van der Waals surface area (Å²) >= 11 is 11.8. The van der Waals surface area contributed by atoms with Crippen molar-refractivity contribution in [3.8, 4) is 0 Å². The molecule has 0 atom stereocenters. The summed E-state index contributed by atoms with van der Waals surface area (Å²) in [6.45, 7) is -7.61. The first-order valence-electron chi connectivity index (χ1n) is 1.94. The molecule has 0 aromatic heterocycles. The van der Waals surface area contributed by atoms with Crippen LogP contribution in [-0.4, -0.2) is 35.7 Å². The molecule has 0 aromatic rings. The minimum atomic E-state index is -3.81. The smallest absolute Gasteiger partial charge is 0.319 e. The van der Waals surface area contributed by atoms with Gasteiger partial charge in [0.2, 0.25) is 0 Å². The van der Waals surface area contributed by atoms with E-state index in [1.807, 2.05) is 0 Å². The van der Waals surface area contributed by atoms with Crippen LogP contribution in [0.5, 0.6) is 0 Å². The monoisotopic (exact) mass is 376 g/mol. The van der Waals surface area contributed by atoms with Crippen LogP contribution in [0.3, 0.4) is 0 Å². The molecule has 0 radical (unpaired) electrons. The van der Waals surface area contributed by atoms with E-state index in [1.54, 1.807) is 0 Å². The maximum absolute atomic E-state index is 7.56. The van der Waals surface area contributed by atoms with E-state index >= 15 is 0 Å². The molecule has 0 spiro atoms. The van der Waals surface area contributed by atoms with E-state index in [0.29, 0.717) is 0 Å². The van der Waals surface area contributed by atoms with Crippen molar-refractivity contribution >= 4 is 48.7 Å². The van der Waals surface area contributed by atoms with Crippen molar-refractivity contribution in [2.75, 3.05) is 6.38 Å². The molecule has 0 amide bonds. The van der Waals surface area contributed by atoms with E-state index < -0.39 is 13.4 Å². The molecule has 0 bridgehead atoms. The van der Waals surface area contributed by atoms with E-state index in [2.05, 4.69) is 35.2 Å². The molecule has 0 unspecified atom stereocenters. The van der Waals surface area contributed by atoms with Gasteiger partial charge in [0.1, 0.15) is 0 Å². The molecule has 0 saturated heterocycles. The molecule has 0 rings (SSSR count). The van der Waals surface area contributed by atoms with Crippen LogP contribution in [0.1, 0.15) is 0 Å². The molecule has 0 aliphatic heterocycles. The molecular formula is CH9ClMoO6P2S2. The van der Waals surface area contributed by atoms with Gasteiger partial charge in [0, 0.05) is 27.4 Å². The Hall–Kier alpha value is 2.04. The van der Waals surface area contributed by atoms with Crippen LogP contribution in [0.4, 0.5) is 0 Å². The number of hydrogen-bond donors (Lipinski definition) is 6. The van der Waals surface area contributed by atoms with Crippen LogP contribution in [0.2, 0.25) is 0 Å². The third-order valence-corrected chi connectivity index (χ3v) is 0. The standard InChI is InChI=1S/CH3Cl.Mo.2H3O3PS/c1-2;;2*1-4(2,3)5/h1H3;;2*(H3,1,2,3,5).